The second-order valence-electron chi connectivity index (χ2n) is 4.09. The van der Waals surface area contributed by atoms with Crippen molar-refractivity contribution < 1.29 is 13.9 Å². The van der Waals surface area contributed by atoms with Crippen molar-refractivity contribution >= 4 is 5.97 Å². The van der Waals surface area contributed by atoms with E-state index in [1.807, 2.05) is 17.9 Å². The third-order valence-corrected chi connectivity index (χ3v) is 2.90. The Morgan fingerprint density at radius 1 is 1.53 bits per heavy atom. The lowest BCUT2D eigenvalue weighted by molar-refractivity contribution is -0.141. The van der Waals surface area contributed by atoms with Crippen molar-refractivity contribution in [2.24, 2.45) is 0 Å². The monoisotopic (exact) mass is 264 g/mol. The van der Waals surface area contributed by atoms with Crippen LogP contribution in [0.2, 0.25) is 0 Å². The molecule has 19 heavy (non-hydrogen) atoms. The van der Waals surface area contributed by atoms with Crippen LogP contribution in [0.25, 0.3) is 0 Å². The summed E-state index contributed by atoms with van der Waals surface area (Å²) in [6, 6.07) is 6.57. The van der Waals surface area contributed by atoms with E-state index in [0.717, 1.165) is 0 Å². The van der Waals surface area contributed by atoms with Gasteiger partial charge in [0.25, 0.3) is 0 Å². The number of rotatable bonds is 6. The van der Waals surface area contributed by atoms with Gasteiger partial charge >= 0.3 is 5.97 Å². The Morgan fingerprint density at radius 2 is 2.26 bits per heavy atom. The molecule has 0 saturated heterocycles. The summed E-state index contributed by atoms with van der Waals surface area (Å²) in [6.07, 6.45) is 0.268. The molecule has 0 bridgehead atoms. The van der Waals surface area contributed by atoms with E-state index in [1.54, 1.807) is 12.1 Å². The molecular formula is C14H17FN2O2. The van der Waals surface area contributed by atoms with Gasteiger partial charge in [0.05, 0.1) is 19.1 Å². The minimum absolute atomic E-state index is 0.0431. The lowest BCUT2D eigenvalue weighted by Gasteiger charge is -2.20. The molecule has 102 valence electrons. The zero-order chi connectivity index (χ0) is 14.3. The van der Waals surface area contributed by atoms with Crippen LogP contribution in [0.3, 0.4) is 0 Å². The fourth-order valence-corrected chi connectivity index (χ4v) is 1.73. The number of esters is 1. The lowest BCUT2D eigenvalue weighted by atomic mass is 10.1. The molecule has 0 aromatic heterocycles. The molecule has 1 rings (SSSR count). The van der Waals surface area contributed by atoms with Crippen LogP contribution in [0, 0.1) is 17.1 Å². The molecule has 0 unspecified atom stereocenters. The van der Waals surface area contributed by atoms with Gasteiger partial charge in [0.1, 0.15) is 11.9 Å². The standard InChI is InChI=1S/C14H17FN2O2/c1-3-17(8-7-13(18)19-2)10-12-6-4-5-11(9-16)14(12)15/h4-6H,3,7-8,10H2,1-2H3. The highest BCUT2D eigenvalue weighted by Crippen LogP contribution is 2.14. The maximum absolute atomic E-state index is 13.9. The molecule has 0 aliphatic rings. The number of carbonyl (C=O) groups excluding carboxylic acids is 1. The fraction of sp³-hybridized carbons (Fsp3) is 0.429. The van der Waals surface area contributed by atoms with Gasteiger partial charge in [-0.2, -0.15) is 5.26 Å². The summed E-state index contributed by atoms with van der Waals surface area (Å²) < 4.78 is 18.5. The predicted octanol–water partition coefficient (Wildman–Crippen LogP) is 2.08. The van der Waals surface area contributed by atoms with Crippen molar-refractivity contribution in [2.45, 2.75) is 19.9 Å². The summed E-state index contributed by atoms with van der Waals surface area (Å²) in [4.78, 5) is 13.0. The molecular weight excluding hydrogens is 247 g/mol. The average Bonchev–Trinajstić information content (AvgIpc) is 2.44. The Balaban J connectivity index is 2.71. The van der Waals surface area contributed by atoms with Gasteiger partial charge in [-0.05, 0) is 12.6 Å². The Kier molecular flexibility index (Phi) is 5.97. The van der Waals surface area contributed by atoms with Crippen molar-refractivity contribution in [3.8, 4) is 6.07 Å². The summed E-state index contributed by atoms with van der Waals surface area (Å²) in [5.74, 6) is -0.772. The van der Waals surface area contributed by atoms with Crippen molar-refractivity contribution in [2.75, 3.05) is 20.2 Å². The third-order valence-electron chi connectivity index (χ3n) is 2.90. The summed E-state index contributed by atoms with van der Waals surface area (Å²) in [7, 11) is 1.34. The molecule has 0 heterocycles. The molecule has 0 atom stereocenters. The van der Waals surface area contributed by atoms with Gasteiger partial charge in [-0.3, -0.25) is 9.69 Å². The average molecular weight is 264 g/mol. The maximum Gasteiger partial charge on any atom is 0.306 e. The van der Waals surface area contributed by atoms with Crippen LogP contribution in [-0.4, -0.2) is 31.1 Å². The number of benzene rings is 1. The van der Waals surface area contributed by atoms with Crippen LogP contribution in [0.4, 0.5) is 4.39 Å². The Morgan fingerprint density at radius 3 is 2.84 bits per heavy atom. The molecule has 0 N–H and O–H groups in total. The second-order valence-corrected chi connectivity index (χ2v) is 4.09. The van der Waals surface area contributed by atoms with Gasteiger partial charge in [-0.15, -0.1) is 0 Å². The van der Waals surface area contributed by atoms with E-state index in [9.17, 15) is 9.18 Å². The maximum atomic E-state index is 13.9. The molecule has 0 spiro atoms. The van der Waals surface area contributed by atoms with E-state index in [-0.39, 0.29) is 18.0 Å². The van der Waals surface area contributed by atoms with E-state index in [2.05, 4.69) is 4.74 Å². The van der Waals surface area contributed by atoms with E-state index in [4.69, 9.17) is 5.26 Å². The van der Waals surface area contributed by atoms with Crippen molar-refractivity contribution in [3.05, 3.63) is 35.1 Å². The Labute approximate surface area is 112 Å². The SMILES string of the molecule is CCN(CCC(=O)OC)Cc1cccc(C#N)c1F. The topological polar surface area (TPSA) is 53.3 Å². The van der Waals surface area contributed by atoms with Gasteiger partial charge in [0.15, 0.2) is 0 Å². The molecule has 0 saturated carbocycles. The summed E-state index contributed by atoms with van der Waals surface area (Å²) in [6.45, 7) is 3.49. The summed E-state index contributed by atoms with van der Waals surface area (Å²) in [5, 5.41) is 8.78. The van der Waals surface area contributed by atoms with Gasteiger partial charge in [0.2, 0.25) is 0 Å². The smallest absolute Gasteiger partial charge is 0.306 e. The molecule has 0 aliphatic heterocycles. The number of nitrogens with zero attached hydrogens (tertiary/aromatic N) is 2. The third kappa shape index (κ3) is 4.34. The zero-order valence-electron chi connectivity index (χ0n) is 11.1. The van der Waals surface area contributed by atoms with Crippen LogP contribution in [0.5, 0.6) is 0 Å². The number of ether oxygens (including phenoxy) is 1. The molecule has 1 aromatic carbocycles. The highest BCUT2D eigenvalue weighted by Gasteiger charge is 2.12. The zero-order valence-corrected chi connectivity index (χ0v) is 11.1. The minimum Gasteiger partial charge on any atom is -0.469 e. The number of nitriles is 1. The normalized spacial score (nSPS) is 10.3. The summed E-state index contributed by atoms with van der Waals surface area (Å²) >= 11 is 0. The van der Waals surface area contributed by atoms with E-state index >= 15 is 0 Å². The molecule has 5 heteroatoms. The van der Waals surface area contributed by atoms with Crippen LogP contribution >= 0.6 is 0 Å². The van der Waals surface area contributed by atoms with Gasteiger partial charge < -0.3 is 4.74 Å². The van der Waals surface area contributed by atoms with Gasteiger partial charge in [-0.1, -0.05) is 19.1 Å². The predicted molar refractivity (Wildman–Crippen MR) is 68.7 cm³/mol. The first-order chi connectivity index (χ1) is 9.12. The van der Waals surface area contributed by atoms with E-state index in [1.165, 1.54) is 13.2 Å². The van der Waals surface area contributed by atoms with Crippen molar-refractivity contribution in [1.82, 2.24) is 4.90 Å². The molecule has 0 radical (unpaired) electrons. The van der Waals surface area contributed by atoms with Gasteiger partial charge in [-0.25, -0.2) is 4.39 Å². The second kappa shape index (κ2) is 7.49. The quantitative estimate of drug-likeness (QED) is 0.738. The molecule has 1 aromatic rings. The Hall–Kier alpha value is -1.93. The largest absolute Gasteiger partial charge is 0.469 e. The van der Waals surface area contributed by atoms with E-state index in [0.29, 0.717) is 25.2 Å². The summed E-state index contributed by atoms with van der Waals surface area (Å²) in [5.41, 5.74) is 0.507. The molecule has 0 aliphatic carbocycles. The van der Waals surface area contributed by atoms with Crippen molar-refractivity contribution in [1.29, 1.82) is 5.26 Å². The number of methoxy groups -OCH3 is 1. The number of halogens is 1. The first kappa shape index (κ1) is 15.1. The number of hydrogen-bond donors (Lipinski definition) is 0. The Bertz CT molecular complexity index is 483. The first-order valence-corrected chi connectivity index (χ1v) is 6.09. The van der Waals surface area contributed by atoms with E-state index < -0.39 is 5.82 Å². The molecule has 4 nitrogen and oxygen atoms in total. The number of carbonyl (C=O) groups is 1. The number of hydrogen-bond acceptors (Lipinski definition) is 4. The first-order valence-electron chi connectivity index (χ1n) is 6.09. The highest BCUT2D eigenvalue weighted by atomic mass is 19.1. The van der Waals surface area contributed by atoms with Crippen LogP contribution in [-0.2, 0) is 16.1 Å². The van der Waals surface area contributed by atoms with Crippen molar-refractivity contribution in [3.63, 3.8) is 0 Å². The molecule has 0 fully saturated rings. The van der Waals surface area contributed by atoms with Crippen LogP contribution in [0.1, 0.15) is 24.5 Å². The van der Waals surface area contributed by atoms with Gasteiger partial charge in [0, 0.05) is 18.7 Å². The van der Waals surface area contributed by atoms with Crippen LogP contribution < -0.4 is 0 Å². The molecule has 0 amide bonds. The highest BCUT2D eigenvalue weighted by molar-refractivity contribution is 5.69. The minimum atomic E-state index is -0.485. The fourth-order valence-electron chi connectivity index (χ4n) is 1.73. The lowest BCUT2D eigenvalue weighted by Crippen LogP contribution is -2.26. The van der Waals surface area contributed by atoms with Crippen LogP contribution in [0.15, 0.2) is 18.2 Å².